The van der Waals surface area contributed by atoms with Crippen LogP contribution in [0.15, 0.2) is 51.9 Å². The fourth-order valence-electron chi connectivity index (χ4n) is 3.44. The molecule has 4 rings (SSSR count). The van der Waals surface area contributed by atoms with E-state index in [9.17, 15) is 8.42 Å². The predicted molar refractivity (Wildman–Crippen MR) is 116 cm³/mol. The maximum absolute atomic E-state index is 13.1. The van der Waals surface area contributed by atoms with Crippen molar-refractivity contribution in [2.45, 2.75) is 24.7 Å². The maximum atomic E-state index is 13.1. The molecule has 1 saturated heterocycles. The minimum Gasteiger partial charge on any atom is -0.497 e. The largest absolute Gasteiger partial charge is 0.497 e. The first-order valence-electron chi connectivity index (χ1n) is 10.1. The summed E-state index contributed by atoms with van der Waals surface area (Å²) < 4.78 is 38.6. The van der Waals surface area contributed by atoms with Gasteiger partial charge in [0.15, 0.2) is 0 Å². The summed E-state index contributed by atoms with van der Waals surface area (Å²) in [5, 5.41) is 8.28. The molecule has 0 unspecified atom stereocenters. The molecular weight excluding hydrogens is 418 g/mol. The second kappa shape index (κ2) is 8.64. The highest BCUT2D eigenvalue weighted by atomic mass is 32.2. The van der Waals surface area contributed by atoms with Crippen LogP contribution in [0.4, 0.5) is 5.82 Å². The van der Waals surface area contributed by atoms with Crippen LogP contribution in [0, 0.1) is 0 Å². The van der Waals surface area contributed by atoms with Crippen LogP contribution in [0.5, 0.6) is 5.75 Å². The molecule has 9 nitrogen and oxygen atoms in total. The third-order valence-corrected chi connectivity index (χ3v) is 7.06. The molecule has 3 aromatic rings. The SMILES string of the molecule is COc1cccc(S(=O)(=O)N2CCN(c3ncccc3-c3nnc(C(C)C)o3)CC2)c1. The number of anilines is 1. The van der Waals surface area contributed by atoms with E-state index in [1.54, 1.807) is 30.5 Å². The predicted octanol–water partition coefficient (Wildman–Crippen LogP) is 2.77. The Bertz CT molecular complexity index is 1150. The van der Waals surface area contributed by atoms with Gasteiger partial charge in [0.25, 0.3) is 5.89 Å². The standard InChI is InChI=1S/C21H25N5O4S/c1-15(2)20-23-24-21(30-20)18-8-5-9-22-19(18)25-10-12-26(13-11-25)31(27,28)17-7-4-6-16(14-17)29-3/h4-9,14-15H,10-13H2,1-3H3. The first-order valence-corrected chi connectivity index (χ1v) is 11.5. The average molecular weight is 444 g/mol. The third kappa shape index (κ3) is 4.26. The van der Waals surface area contributed by atoms with E-state index in [-0.39, 0.29) is 10.8 Å². The molecule has 1 aliphatic heterocycles. The second-order valence-electron chi connectivity index (χ2n) is 7.54. The zero-order valence-corrected chi connectivity index (χ0v) is 18.5. The van der Waals surface area contributed by atoms with E-state index in [0.717, 1.165) is 5.56 Å². The molecule has 0 radical (unpaired) electrons. The highest BCUT2D eigenvalue weighted by Gasteiger charge is 2.30. The van der Waals surface area contributed by atoms with Crippen LogP contribution in [0.1, 0.15) is 25.7 Å². The van der Waals surface area contributed by atoms with Gasteiger partial charge in [-0.2, -0.15) is 4.31 Å². The monoisotopic (exact) mass is 443 g/mol. The molecule has 10 heteroatoms. The lowest BCUT2D eigenvalue weighted by molar-refractivity contribution is 0.382. The summed E-state index contributed by atoms with van der Waals surface area (Å²) in [6, 6.07) is 10.2. The Kier molecular flexibility index (Phi) is 5.92. The molecule has 31 heavy (non-hydrogen) atoms. The number of nitrogens with zero attached hydrogens (tertiary/aromatic N) is 5. The summed E-state index contributed by atoms with van der Waals surface area (Å²) >= 11 is 0. The number of methoxy groups -OCH3 is 1. The van der Waals surface area contributed by atoms with E-state index in [1.165, 1.54) is 11.4 Å². The quantitative estimate of drug-likeness (QED) is 0.573. The molecule has 0 bridgehead atoms. The lowest BCUT2D eigenvalue weighted by Crippen LogP contribution is -2.49. The van der Waals surface area contributed by atoms with Gasteiger partial charge in [0.2, 0.25) is 15.9 Å². The summed E-state index contributed by atoms with van der Waals surface area (Å²) in [6.07, 6.45) is 1.71. The van der Waals surface area contributed by atoms with Gasteiger partial charge in [0.1, 0.15) is 11.6 Å². The Morgan fingerprint density at radius 2 is 1.84 bits per heavy atom. The number of benzene rings is 1. The van der Waals surface area contributed by atoms with Crippen molar-refractivity contribution in [1.82, 2.24) is 19.5 Å². The van der Waals surface area contributed by atoms with E-state index < -0.39 is 10.0 Å². The number of sulfonamides is 1. The zero-order valence-electron chi connectivity index (χ0n) is 17.7. The molecule has 0 atom stereocenters. The van der Waals surface area contributed by atoms with Crippen LogP contribution in [-0.4, -0.2) is 61.2 Å². The van der Waals surface area contributed by atoms with E-state index >= 15 is 0 Å². The number of aromatic nitrogens is 3. The average Bonchev–Trinajstić information content (AvgIpc) is 3.30. The first-order chi connectivity index (χ1) is 14.9. The molecule has 2 aromatic heterocycles. The van der Waals surface area contributed by atoms with Crippen LogP contribution in [-0.2, 0) is 10.0 Å². The minimum atomic E-state index is -3.60. The fraction of sp³-hybridized carbons (Fsp3) is 0.381. The van der Waals surface area contributed by atoms with Crippen molar-refractivity contribution in [1.29, 1.82) is 0 Å². The van der Waals surface area contributed by atoms with Crippen LogP contribution in [0.2, 0.25) is 0 Å². The van der Waals surface area contributed by atoms with Gasteiger partial charge in [-0.15, -0.1) is 10.2 Å². The van der Waals surface area contributed by atoms with E-state index in [4.69, 9.17) is 9.15 Å². The highest BCUT2D eigenvalue weighted by Crippen LogP contribution is 2.30. The molecular formula is C21H25N5O4S. The first kappa shape index (κ1) is 21.3. The van der Waals surface area contributed by atoms with Gasteiger partial charge >= 0.3 is 0 Å². The van der Waals surface area contributed by atoms with Gasteiger partial charge in [0, 0.05) is 44.4 Å². The summed E-state index contributed by atoms with van der Waals surface area (Å²) in [5.74, 6) is 2.34. The number of rotatable bonds is 6. The summed E-state index contributed by atoms with van der Waals surface area (Å²) in [5.41, 5.74) is 0.742. The van der Waals surface area contributed by atoms with Crippen molar-refractivity contribution >= 4 is 15.8 Å². The minimum absolute atomic E-state index is 0.131. The van der Waals surface area contributed by atoms with Crippen molar-refractivity contribution in [3.63, 3.8) is 0 Å². The summed E-state index contributed by atoms with van der Waals surface area (Å²) in [6.45, 7) is 5.66. The molecule has 0 amide bonds. The number of pyridine rings is 1. The Balaban J connectivity index is 1.53. The van der Waals surface area contributed by atoms with Crippen molar-refractivity contribution < 1.29 is 17.6 Å². The van der Waals surface area contributed by atoms with E-state index in [2.05, 4.69) is 15.2 Å². The number of hydrogen-bond donors (Lipinski definition) is 0. The van der Waals surface area contributed by atoms with Crippen molar-refractivity contribution in [3.05, 3.63) is 48.5 Å². The number of hydrogen-bond acceptors (Lipinski definition) is 8. The second-order valence-corrected chi connectivity index (χ2v) is 9.48. The normalized spacial score (nSPS) is 15.4. The van der Waals surface area contributed by atoms with Crippen molar-refractivity contribution in [2.75, 3.05) is 38.2 Å². The Morgan fingerprint density at radius 3 is 2.52 bits per heavy atom. The van der Waals surface area contributed by atoms with Crippen LogP contribution >= 0.6 is 0 Å². The van der Waals surface area contributed by atoms with Crippen LogP contribution in [0.25, 0.3) is 11.5 Å². The van der Waals surface area contributed by atoms with Crippen molar-refractivity contribution in [2.24, 2.45) is 0 Å². The topological polar surface area (TPSA) is 102 Å². The van der Waals surface area contributed by atoms with Gasteiger partial charge in [-0.25, -0.2) is 13.4 Å². The molecule has 1 aliphatic rings. The van der Waals surface area contributed by atoms with Crippen LogP contribution in [0.3, 0.4) is 0 Å². The number of ether oxygens (including phenoxy) is 1. The smallest absolute Gasteiger partial charge is 0.251 e. The summed E-state index contributed by atoms with van der Waals surface area (Å²) in [4.78, 5) is 6.79. The maximum Gasteiger partial charge on any atom is 0.251 e. The third-order valence-electron chi connectivity index (χ3n) is 5.17. The lowest BCUT2D eigenvalue weighted by atomic mass is 10.2. The zero-order chi connectivity index (χ0) is 22.0. The molecule has 0 saturated carbocycles. The molecule has 1 fully saturated rings. The highest BCUT2D eigenvalue weighted by molar-refractivity contribution is 7.89. The molecule has 3 heterocycles. The molecule has 0 N–H and O–H groups in total. The van der Waals surface area contributed by atoms with Crippen molar-refractivity contribution in [3.8, 4) is 17.2 Å². The van der Waals surface area contributed by atoms with Gasteiger partial charge < -0.3 is 14.1 Å². The molecule has 0 aliphatic carbocycles. The Labute approximate surface area is 181 Å². The Morgan fingerprint density at radius 1 is 1.06 bits per heavy atom. The van der Waals surface area contributed by atoms with Gasteiger partial charge in [-0.3, -0.25) is 0 Å². The van der Waals surface area contributed by atoms with Gasteiger partial charge in [0.05, 0.1) is 17.6 Å². The molecule has 164 valence electrons. The molecule has 1 aromatic carbocycles. The number of piperazine rings is 1. The molecule has 0 spiro atoms. The Hall–Kier alpha value is -2.98. The summed E-state index contributed by atoms with van der Waals surface area (Å²) in [7, 11) is -2.09. The van der Waals surface area contributed by atoms with Crippen LogP contribution < -0.4 is 9.64 Å². The fourth-order valence-corrected chi connectivity index (χ4v) is 4.90. The van der Waals surface area contributed by atoms with E-state index in [1.807, 2.05) is 30.9 Å². The van der Waals surface area contributed by atoms with Gasteiger partial charge in [-0.1, -0.05) is 19.9 Å². The van der Waals surface area contributed by atoms with E-state index in [0.29, 0.717) is 49.5 Å². The lowest BCUT2D eigenvalue weighted by Gasteiger charge is -2.35. The van der Waals surface area contributed by atoms with Gasteiger partial charge in [-0.05, 0) is 24.3 Å².